The lowest BCUT2D eigenvalue weighted by molar-refractivity contribution is -0.149. The number of amides is 1. The molecule has 2 fully saturated rings. The molecule has 3 aromatic heterocycles. The molecule has 2 aliphatic rings. The van der Waals surface area contributed by atoms with Gasteiger partial charge in [0.05, 0.1) is 5.56 Å². The van der Waals surface area contributed by atoms with Crippen LogP contribution in [0.15, 0.2) is 18.7 Å². The van der Waals surface area contributed by atoms with E-state index in [1.165, 1.54) is 0 Å². The van der Waals surface area contributed by atoms with Gasteiger partial charge in [-0.05, 0) is 40.0 Å². The number of rotatable bonds is 5. The maximum atomic E-state index is 13.0. The van der Waals surface area contributed by atoms with Gasteiger partial charge in [0.1, 0.15) is 23.6 Å². The second-order valence-electron chi connectivity index (χ2n) is 8.66. The fourth-order valence-electron chi connectivity index (χ4n) is 4.61. The third-order valence-corrected chi connectivity index (χ3v) is 6.37. The van der Waals surface area contributed by atoms with Crippen molar-refractivity contribution in [2.24, 2.45) is 0 Å². The number of nitrogens with one attached hydrogen (secondary N) is 1. The third-order valence-electron chi connectivity index (χ3n) is 6.37. The van der Waals surface area contributed by atoms with Gasteiger partial charge in [-0.15, -0.1) is 0 Å². The van der Waals surface area contributed by atoms with Gasteiger partial charge >= 0.3 is 0 Å². The van der Waals surface area contributed by atoms with Crippen molar-refractivity contribution in [2.75, 3.05) is 25.0 Å². The molecule has 0 bridgehead atoms. The lowest BCUT2D eigenvalue weighted by Crippen LogP contribution is -2.46. The Morgan fingerprint density at radius 2 is 2.09 bits per heavy atom. The number of ether oxygens (including phenoxy) is 1. The summed E-state index contributed by atoms with van der Waals surface area (Å²) in [5.74, 6) is 2.25. The van der Waals surface area contributed by atoms with E-state index in [1.807, 2.05) is 23.3 Å². The largest absolute Gasteiger partial charge is 0.365 e. The summed E-state index contributed by atoms with van der Waals surface area (Å²) in [6.07, 6.45) is 7.68. The van der Waals surface area contributed by atoms with Gasteiger partial charge in [0.25, 0.3) is 5.91 Å². The van der Waals surface area contributed by atoms with Gasteiger partial charge in [-0.2, -0.15) is 0 Å². The van der Waals surface area contributed by atoms with E-state index < -0.39 is 5.60 Å². The Morgan fingerprint density at radius 3 is 2.81 bits per heavy atom. The van der Waals surface area contributed by atoms with E-state index in [2.05, 4.69) is 32.2 Å². The molecular formula is C22H28N8O2. The monoisotopic (exact) mass is 436 g/mol. The van der Waals surface area contributed by atoms with Crippen molar-refractivity contribution < 1.29 is 9.53 Å². The van der Waals surface area contributed by atoms with Crippen molar-refractivity contribution in [1.82, 2.24) is 34.4 Å². The zero-order chi connectivity index (χ0) is 22.3. The van der Waals surface area contributed by atoms with Gasteiger partial charge in [-0.3, -0.25) is 4.79 Å². The molecule has 0 aliphatic carbocycles. The zero-order valence-corrected chi connectivity index (χ0v) is 18.7. The SMILES string of the molecule is CCn1c(-c2cnc(C)nc2)nc2c(NC3CCN(C(=O)C4(C)CCCO4)C3)ncnc21. The Morgan fingerprint density at radius 1 is 1.28 bits per heavy atom. The molecule has 0 radical (unpaired) electrons. The topological polar surface area (TPSA) is 111 Å². The number of carbonyl (C=O) groups excluding carboxylic acids is 1. The van der Waals surface area contributed by atoms with Gasteiger partial charge in [0.15, 0.2) is 17.0 Å². The van der Waals surface area contributed by atoms with Crippen LogP contribution in [-0.4, -0.2) is 71.6 Å². The molecule has 5 heterocycles. The summed E-state index contributed by atoms with van der Waals surface area (Å²) in [4.78, 5) is 37.3. The molecule has 2 aliphatic heterocycles. The Kier molecular flexibility index (Phi) is 5.24. The van der Waals surface area contributed by atoms with Gasteiger partial charge < -0.3 is 19.5 Å². The van der Waals surface area contributed by atoms with E-state index in [0.717, 1.165) is 36.3 Å². The lowest BCUT2D eigenvalue weighted by atomic mass is 10.0. The maximum absolute atomic E-state index is 13.0. The van der Waals surface area contributed by atoms with Crippen molar-refractivity contribution in [3.63, 3.8) is 0 Å². The predicted molar refractivity (Wildman–Crippen MR) is 119 cm³/mol. The fraction of sp³-hybridized carbons (Fsp3) is 0.545. The van der Waals surface area contributed by atoms with Crippen LogP contribution < -0.4 is 5.32 Å². The molecule has 5 rings (SSSR count). The minimum absolute atomic E-state index is 0.0871. The van der Waals surface area contributed by atoms with Gasteiger partial charge in [-0.25, -0.2) is 24.9 Å². The van der Waals surface area contributed by atoms with Crippen molar-refractivity contribution >= 4 is 22.9 Å². The van der Waals surface area contributed by atoms with Gasteiger partial charge in [0, 0.05) is 44.7 Å². The van der Waals surface area contributed by atoms with Crippen molar-refractivity contribution in [3.05, 3.63) is 24.5 Å². The predicted octanol–water partition coefficient (Wildman–Crippen LogP) is 2.19. The van der Waals surface area contributed by atoms with Gasteiger partial charge in [0.2, 0.25) is 0 Å². The number of fused-ring (bicyclic) bond motifs is 1. The first kappa shape index (κ1) is 20.7. The Balaban J connectivity index is 1.39. The number of likely N-dealkylation sites (tertiary alicyclic amines) is 1. The average Bonchev–Trinajstić information content (AvgIpc) is 3.53. The number of imidazole rings is 1. The summed E-state index contributed by atoms with van der Waals surface area (Å²) in [6, 6.07) is 0.0972. The highest BCUT2D eigenvalue weighted by molar-refractivity contribution is 5.87. The van der Waals surface area contributed by atoms with E-state index in [1.54, 1.807) is 18.7 Å². The molecule has 0 spiro atoms. The number of aryl methyl sites for hydroxylation is 2. The number of nitrogens with zero attached hydrogens (tertiary/aromatic N) is 7. The Bertz CT molecular complexity index is 1140. The van der Waals surface area contributed by atoms with Crippen LogP contribution in [0.4, 0.5) is 5.82 Å². The first-order valence-electron chi connectivity index (χ1n) is 11.2. The fourth-order valence-corrected chi connectivity index (χ4v) is 4.61. The second kappa shape index (κ2) is 8.09. The molecule has 32 heavy (non-hydrogen) atoms. The van der Waals surface area contributed by atoms with Crippen LogP contribution in [0.3, 0.4) is 0 Å². The van der Waals surface area contributed by atoms with E-state index in [4.69, 9.17) is 9.72 Å². The average molecular weight is 437 g/mol. The first-order chi connectivity index (χ1) is 15.5. The quantitative estimate of drug-likeness (QED) is 0.648. The molecular weight excluding hydrogens is 408 g/mol. The minimum atomic E-state index is -0.679. The molecule has 0 saturated carbocycles. The molecule has 10 nitrogen and oxygen atoms in total. The molecule has 1 N–H and O–H groups in total. The molecule has 2 unspecified atom stereocenters. The van der Waals surface area contributed by atoms with E-state index in [-0.39, 0.29) is 11.9 Å². The number of hydrogen-bond donors (Lipinski definition) is 1. The van der Waals surface area contributed by atoms with Crippen molar-refractivity contribution in [3.8, 4) is 11.4 Å². The summed E-state index contributed by atoms with van der Waals surface area (Å²) < 4.78 is 7.79. The maximum Gasteiger partial charge on any atom is 0.254 e. The summed E-state index contributed by atoms with van der Waals surface area (Å²) in [6.45, 7) is 8.52. The van der Waals surface area contributed by atoms with E-state index in [0.29, 0.717) is 43.4 Å². The van der Waals surface area contributed by atoms with Crippen LogP contribution >= 0.6 is 0 Å². The van der Waals surface area contributed by atoms with Crippen LogP contribution in [0.2, 0.25) is 0 Å². The Hall–Kier alpha value is -3.14. The van der Waals surface area contributed by atoms with Crippen molar-refractivity contribution in [1.29, 1.82) is 0 Å². The molecule has 3 aromatic rings. The molecule has 0 aromatic carbocycles. The smallest absolute Gasteiger partial charge is 0.254 e. The number of aromatic nitrogens is 6. The van der Waals surface area contributed by atoms with E-state index in [9.17, 15) is 4.79 Å². The van der Waals surface area contributed by atoms with Crippen LogP contribution in [0.25, 0.3) is 22.6 Å². The minimum Gasteiger partial charge on any atom is -0.365 e. The third kappa shape index (κ3) is 3.58. The highest BCUT2D eigenvalue weighted by Gasteiger charge is 2.42. The number of carbonyl (C=O) groups is 1. The molecule has 1 amide bonds. The first-order valence-corrected chi connectivity index (χ1v) is 11.2. The highest BCUT2D eigenvalue weighted by atomic mass is 16.5. The number of anilines is 1. The zero-order valence-electron chi connectivity index (χ0n) is 18.7. The summed E-state index contributed by atoms with van der Waals surface area (Å²) >= 11 is 0. The summed E-state index contributed by atoms with van der Waals surface area (Å²) in [5.41, 5.74) is 1.63. The van der Waals surface area contributed by atoms with Gasteiger partial charge in [-0.1, -0.05) is 0 Å². The van der Waals surface area contributed by atoms with Crippen LogP contribution in [0.1, 0.15) is 38.9 Å². The van der Waals surface area contributed by atoms with Crippen LogP contribution in [0.5, 0.6) is 0 Å². The summed E-state index contributed by atoms with van der Waals surface area (Å²) in [5, 5.41) is 3.50. The van der Waals surface area contributed by atoms with Crippen LogP contribution in [-0.2, 0) is 16.1 Å². The second-order valence-corrected chi connectivity index (χ2v) is 8.66. The summed E-state index contributed by atoms with van der Waals surface area (Å²) in [7, 11) is 0. The molecule has 168 valence electrons. The highest BCUT2D eigenvalue weighted by Crippen LogP contribution is 2.30. The lowest BCUT2D eigenvalue weighted by Gasteiger charge is -2.28. The Labute approximate surface area is 186 Å². The normalized spacial score (nSPS) is 23.2. The molecule has 2 atom stereocenters. The van der Waals surface area contributed by atoms with Crippen molar-refractivity contribution in [2.45, 2.75) is 58.2 Å². The van der Waals surface area contributed by atoms with E-state index >= 15 is 0 Å². The molecule has 10 heteroatoms. The standard InChI is InChI=1S/C22H28N8O2/c1-4-30-19(15-10-23-14(2)24-11-15)28-17-18(25-13-26-20(17)30)27-16-6-8-29(12-16)21(31)22(3)7-5-9-32-22/h10-11,13,16H,4-9,12H2,1-3H3,(H,25,26,27). The number of hydrogen-bond acceptors (Lipinski definition) is 8. The molecule has 2 saturated heterocycles. The van der Waals surface area contributed by atoms with Crippen LogP contribution in [0, 0.1) is 6.92 Å².